The monoisotopic (exact) mass is 367 g/mol. The highest BCUT2D eigenvalue weighted by Crippen LogP contribution is 2.23. The molecular formula is C17H19BrClNO. The number of hydrogen-bond donors (Lipinski definition) is 1. The first-order valence-corrected chi connectivity index (χ1v) is 8.17. The van der Waals surface area contributed by atoms with E-state index in [1.807, 2.05) is 30.3 Å². The zero-order valence-electron chi connectivity index (χ0n) is 12.2. The molecular weight excluding hydrogens is 350 g/mol. The van der Waals surface area contributed by atoms with Crippen molar-refractivity contribution >= 4 is 27.5 Å². The molecule has 1 unspecified atom stereocenters. The molecule has 112 valence electrons. The lowest BCUT2D eigenvalue weighted by Gasteiger charge is -2.13. The number of ether oxygens (including phenoxy) is 1. The van der Waals surface area contributed by atoms with Gasteiger partial charge in [0.05, 0.1) is 0 Å². The molecule has 0 spiro atoms. The highest BCUT2D eigenvalue weighted by Gasteiger charge is 2.05. The van der Waals surface area contributed by atoms with Crippen molar-refractivity contribution in [1.29, 1.82) is 0 Å². The third kappa shape index (κ3) is 4.73. The molecule has 2 aromatic carbocycles. The van der Waals surface area contributed by atoms with Gasteiger partial charge in [0.15, 0.2) is 0 Å². The molecule has 0 aromatic heterocycles. The third-order valence-corrected chi connectivity index (χ3v) is 4.14. The van der Waals surface area contributed by atoms with Crippen molar-refractivity contribution in [1.82, 2.24) is 5.32 Å². The van der Waals surface area contributed by atoms with Gasteiger partial charge in [0.25, 0.3) is 0 Å². The van der Waals surface area contributed by atoms with Gasteiger partial charge >= 0.3 is 0 Å². The lowest BCUT2D eigenvalue weighted by molar-refractivity contribution is 0.306. The summed E-state index contributed by atoms with van der Waals surface area (Å²) in [6, 6.07) is 14.3. The molecule has 4 heteroatoms. The SMILES string of the molecule is CCNC(C)c1ccc(OCc2ccc(Br)cc2Cl)cc1. The predicted molar refractivity (Wildman–Crippen MR) is 92.0 cm³/mol. The third-order valence-electron chi connectivity index (χ3n) is 3.30. The van der Waals surface area contributed by atoms with Gasteiger partial charge in [-0.25, -0.2) is 0 Å². The summed E-state index contributed by atoms with van der Waals surface area (Å²) in [6.45, 7) is 5.69. The standard InChI is InChI=1S/C17H19BrClNO/c1-3-20-12(2)13-5-8-16(9-6-13)21-11-14-4-7-15(18)10-17(14)19/h4-10,12,20H,3,11H2,1-2H3. The molecule has 0 amide bonds. The zero-order valence-corrected chi connectivity index (χ0v) is 14.5. The van der Waals surface area contributed by atoms with Crippen LogP contribution in [0.4, 0.5) is 0 Å². The minimum atomic E-state index is 0.352. The number of hydrogen-bond acceptors (Lipinski definition) is 2. The minimum absolute atomic E-state index is 0.352. The lowest BCUT2D eigenvalue weighted by Crippen LogP contribution is -2.17. The number of halogens is 2. The van der Waals surface area contributed by atoms with Crippen LogP contribution in [0.25, 0.3) is 0 Å². The molecule has 21 heavy (non-hydrogen) atoms. The van der Waals surface area contributed by atoms with Crippen LogP contribution in [0.1, 0.15) is 31.0 Å². The van der Waals surface area contributed by atoms with E-state index in [-0.39, 0.29) is 0 Å². The Labute approximate surface area is 139 Å². The Balaban J connectivity index is 1.97. The Morgan fingerprint density at radius 3 is 2.52 bits per heavy atom. The van der Waals surface area contributed by atoms with Crippen molar-refractivity contribution in [2.45, 2.75) is 26.5 Å². The maximum absolute atomic E-state index is 6.18. The quantitative estimate of drug-likeness (QED) is 0.742. The summed E-state index contributed by atoms with van der Waals surface area (Å²) < 4.78 is 6.76. The van der Waals surface area contributed by atoms with Crippen molar-refractivity contribution in [3.8, 4) is 5.75 Å². The van der Waals surface area contributed by atoms with Crippen molar-refractivity contribution < 1.29 is 4.74 Å². The summed E-state index contributed by atoms with van der Waals surface area (Å²) in [5.41, 5.74) is 2.23. The zero-order chi connectivity index (χ0) is 15.2. The molecule has 1 atom stereocenters. The summed E-state index contributed by atoms with van der Waals surface area (Å²) >= 11 is 9.57. The first kappa shape index (κ1) is 16.3. The summed E-state index contributed by atoms with van der Waals surface area (Å²) in [5, 5.41) is 4.10. The summed E-state index contributed by atoms with van der Waals surface area (Å²) in [7, 11) is 0. The fourth-order valence-electron chi connectivity index (χ4n) is 2.08. The molecule has 0 bridgehead atoms. The van der Waals surface area contributed by atoms with Crippen LogP contribution in [0, 0.1) is 0 Å². The molecule has 0 saturated carbocycles. The highest BCUT2D eigenvalue weighted by atomic mass is 79.9. The van der Waals surface area contributed by atoms with Gasteiger partial charge in [0, 0.05) is 21.1 Å². The number of nitrogens with one attached hydrogen (secondary N) is 1. The van der Waals surface area contributed by atoms with Crippen LogP contribution in [-0.2, 0) is 6.61 Å². The van der Waals surface area contributed by atoms with E-state index < -0.39 is 0 Å². The van der Waals surface area contributed by atoms with E-state index >= 15 is 0 Å². The smallest absolute Gasteiger partial charge is 0.119 e. The van der Waals surface area contributed by atoms with E-state index in [9.17, 15) is 0 Å². The molecule has 0 saturated heterocycles. The van der Waals surface area contributed by atoms with E-state index in [1.165, 1.54) is 5.56 Å². The fourth-order valence-corrected chi connectivity index (χ4v) is 2.80. The second kappa shape index (κ2) is 7.83. The van der Waals surface area contributed by atoms with Crippen molar-refractivity contribution in [2.24, 2.45) is 0 Å². The van der Waals surface area contributed by atoms with Crippen LogP contribution in [0.5, 0.6) is 5.75 Å². The summed E-state index contributed by atoms with van der Waals surface area (Å²) in [5.74, 6) is 0.849. The van der Waals surface area contributed by atoms with Gasteiger partial charge in [-0.3, -0.25) is 0 Å². The van der Waals surface area contributed by atoms with E-state index in [2.05, 4.69) is 47.2 Å². The number of benzene rings is 2. The average Bonchev–Trinajstić information content (AvgIpc) is 2.47. The van der Waals surface area contributed by atoms with Crippen molar-refractivity contribution in [3.63, 3.8) is 0 Å². The average molecular weight is 369 g/mol. The van der Waals surface area contributed by atoms with Crippen molar-refractivity contribution in [3.05, 3.63) is 63.1 Å². The molecule has 0 aliphatic rings. The highest BCUT2D eigenvalue weighted by molar-refractivity contribution is 9.10. The van der Waals surface area contributed by atoms with E-state index in [0.717, 1.165) is 22.3 Å². The lowest BCUT2D eigenvalue weighted by atomic mass is 10.1. The predicted octanol–water partition coefficient (Wildman–Crippen LogP) is 5.35. The second-order valence-corrected chi connectivity index (χ2v) is 6.20. The van der Waals surface area contributed by atoms with Gasteiger partial charge in [0.1, 0.15) is 12.4 Å². The van der Waals surface area contributed by atoms with Crippen LogP contribution in [0.3, 0.4) is 0 Å². The maximum Gasteiger partial charge on any atom is 0.119 e. The minimum Gasteiger partial charge on any atom is -0.489 e. The maximum atomic E-state index is 6.18. The summed E-state index contributed by atoms with van der Waals surface area (Å²) in [6.07, 6.45) is 0. The molecule has 0 heterocycles. The molecule has 0 radical (unpaired) electrons. The van der Waals surface area contributed by atoms with Crippen LogP contribution in [0.15, 0.2) is 46.9 Å². The Bertz CT molecular complexity index is 586. The van der Waals surface area contributed by atoms with Gasteiger partial charge in [-0.15, -0.1) is 0 Å². The molecule has 0 fully saturated rings. The van der Waals surface area contributed by atoms with Crippen LogP contribution in [-0.4, -0.2) is 6.54 Å². The molecule has 0 aliphatic heterocycles. The Kier molecular flexibility index (Phi) is 6.09. The first-order valence-electron chi connectivity index (χ1n) is 7.00. The second-order valence-electron chi connectivity index (χ2n) is 4.87. The Morgan fingerprint density at radius 1 is 1.19 bits per heavy atom. The van der Waals surface area contributed by atoms with Crippen LogP contribution >= 0.6 is 27.5 Å². The molecule has 2 nitrogen and oxygen atoms in total. The van der Waals surface area contributed by atoms with Gasteiger partial charge in [-0.1, -0.05) is 52.7 Å². The van der Waals surface area contributed by atoms with Gasteiger partial charge in [-0.05, 0) is 43.3 Å². The molecule has 2 rings (SSSR count). The van der Waals surface area contributed by atoms with Crippen molar-refractivity contribution in [2.75, 3.05) is 6.54 Å². The number of rotatable bonds is 6. The van der Waals surface area contributed by atoms with Gasteiger partial charge < -0.3 is 10.1 Å². The topological polar surface area (TPSA) is 21.3 Å². The first-order chi connectivity index (χ1) is 10.1. The van der Waals surface area contributed by atoms with E-state index in [1.54, 1.807) is 0 Å². The van der Waals surface area contributed by atoms with E-state index in [0.29, 0.717) is 17.7 Å². The fraction of sp³-hybridized carbons (Fsp3) is 0.294. The molecule has 2 aromatic rings. The van der Waals surface area contributed by atoms with E-state index in [4.69, 9.17) is 16.3 Å². The van der Waals surface area contributed by atoms with Gasteiger partial charge in [-0.2, -0.15) is 0 Å². The van der Waals surface area contributed by atoms with Crippen LogP contribution < -0.4 is 10.1 Å². The summed E-state index contributed by atoms with van der Waals surface area (Å²) in [4.78, 5) is 0. The van der Waals surface area contributed by atoms with Crippen LogP contribution in [0.2, 0.25) is 5.02 Å². The largest absolute Gasteiger partial charge is 0.489 e. The Morgan fingerprint density at radius 2 is 1.90 bits per heavy atom. The Hall–Kier alpha value is -1.03. The normalized spacial score (nSPS) is 12.2. The molecule has 0 aliphatic carbocycles. The molecule has 1 N–H and O–H groups in total. The van der Waals surface area contributed by atoms with Gasteiger partial charge in [0.2, 0.25) is 0 Å².